The van der Waals surface area contributed by atoms with E-state index in [1.807, 2.05) is 13.8 Å². The van der Waals surface area contributed by atoms with Crippen molar-refractivity contribution in [2.24, 2.45) is 0 Å². The van der Waals surface area contributed by atoms with Gasteiger partial charge in [0.1, 0.15) is 0 Å². The summed E-state index contributed by atoms with van der Waals surface area (Å²) in [5, 5.41) is 12.1. The van der Waals surface area contributed by atoms with Crippen LogP contribution in [0.3, 0.4) is 0 Å². The minimum atomic E-state index is -0.996. The second-order valence-electron chi connectivity index (χ2n) is 3.76. The van der Waals surface area contributed by atoms with Gasteiger partial charge in [0.25, 0.3) is 0 Å². The summed E-state index contributed by atoms with van der Waals surface area (Å²) >= 11 is 0. The molecule has 0 aliphatic carbocycles. The van der Waals surface area contributed by atoms with E-state index in [1.54, 1.807) is 12.1 Å². The summed E-state index contributed by atoms with van der Waals surface area (Å²) in [4.78, 5) is 11.0. The van der Waals surface area contributed by atoms with E-state index >= 15 is 0 Å². The molecule has 5 heteroatoms. The predicted octanol–water partition coefficient (Wildman–Crippen LogP) is 1.80. The van der Waals surface area contributed by atoms with Gasteiger partial charge in [0, 0.05) is 24.5 Å². The Bertz CT molecular complexity index is 393. The highest BCUT2D eigenvalue weighted by molar-refractivity contribution is 5.95. The Morgan fingerprint density at radius 3 is 2.88 bits per heavy atom. The SMILES string of the molecule is CCOC(C)CNc1ccc(N)cc1C(=O)O. The van der Waals surface area contributed by atoms with Crippen molar-refractivity contribution in [2.75, 3.05) is 24.2 Å². The maximum Gasteiger partial charge on any atom is 0.337 e. The number of carboxylic acid groups (broad SMARTS) is 1. The number of aromatic carboxylic acids is 1. The first-order valence-corrected chi connectivity index (χ1v) is 5.53. The van der Waals surface area contributed by atoms with Crippen molar-refractivity contribution in [2.45, 2.75) is 20.0 Å². The first-order chi connectivity index (χ1) is 8.04. The van der Waals surface area contributed by atoms with Crippen molar-refractivity contribution in [1.29, 1.82) is 0 Å². The van der Waals surface area contributed by atoms with Gasteiger partial charge in [0.05, 0.1) is 11.7 Å². The number of rotatable bonds is 6. The van der Waals surface area contributed by atoms with Gasteiger partial charge in [0.2, 0.25) is 0 Å². The van der Waals surface area contributed by atoms with Gasteiger partial charge in [-0.05, 0) is 32.0 Å². The lowest BCUT2D eigenvalue weighted by Crippen LogP contribution is -2.20. The molecule has 0 amide bonds. The molecule has 0 aliphatic heterocycles. The molecule has 17 heavy (non-hydrogen) atoms. The number of hydrogen-bond donors (Lipinski definition) is 3. The van der Waals surface area contributed by atoms with Crippen LogP contribution in [0, 0.1) is 0 Å². The largest absolute Gasteiger partial charge is 0.478 e. The monoisotopic (exact) mass is 238 g/mol. The fourth-order valence-corrected chi connectivity index (χ4v) is 1.49. The molecule has 0 heterocycles. The molecule has 0 aromatic heterocycles. The molecule has 94 valence electrons. The van der Waals surface area contributed by atoms with Gasteiger partial charge >= 0.3 is 5.97 Å². The van der Waals surface area contributed by atoms with Crippen LogP contribution in [0.4, 0.5) is 11.4 Å². The summed E-state index contributed by atoms with van der Waals surface area (Å²) in [5.74, 6) is -0.996. The lowest BCUT2D eigenvalue weighted by molar-refractivity contribution is 0.0696. The van der Waals surface area contributed by atoms with Crippen molar-refractivity contribution in [3.8, 4) is 0 Å². The van der Waals surface area contributed by atoms with E-state index < -0.39 is 5.97 Å². The second-order valence-corrected chi connectivity index (χ2v) is 3.76. The van der Waals surface area contributed by atoms with Crippen LogP contribution < -0.4 is 11.1 Å². The molecule has 1 unspecified atom stereocenters. The minimum absolute atomic E-state index is 0.0270. The molecular formula is C12H18N2O3. The van der Waals surface area contributed by atoms with E-state index in [0.29, 0.717) is 24.5 Å². The first kappa shape index (κ1) is 13.3. The summed E-state index contributed by atoms with van der Waals surface area (Å²) < 4.78 is 5.35. The number of nitrogens with two attached hydrogens (primary N) is 1. The van der Waals surface area contributed by atoms with Crippen molar-refractivity contribution >= 4 is 17.3 Å². The quantitative estimate of drug-likeness (QED) is 0.658. The first-order valence-electron chi connectivity index (χ1n) is 5.53. The summed E-state index contributed by atoms with van der Waals surface area (Å²) in [7, 11) is 0. The molecule has 1 rings (SSSR count). The highest BCUT2D eigenvalue weighted by atomic mass is 16.5. The smallest absolute Gasteiger partial charge is 0.337 e. The number of anilines is 2. The van der Waals surface area contributed by atoms with Crippen LogP contribution in [0.2, 0.25) is 0 Å². The van der Waals surface area contributed by atoms with E-state index in [0.717, 1.165) is 0 Å². The van der Waals surface area contributed by atoms with Gasteiger partial charge in [-0.3, -0.25) is 0 Å². The molecule has 0 spiro atoms. The molecule has 0 saturated carbocycles. The van der Waals surface area contributed by atoms with Crippen LogP contribution in [0.5, 0.6) is 0 Å². The Kier molecular flexibility index (Phi) is 4.78. The Labute approximate surface area is 101 Å². The second kappa shape index (κ2) is 6.10. The Balaban J connectivity index is 2.73. The van der Waals surface area contributed by atoms with E-state index in [4.69, 9.17) is 15.6 Å². The highest BCUT2D eigenvalue weighted by Gasteiger charge is 2.11. The molecule has 0 bridgehead atoms. The van der Waals surface area contributed by atoms with Crippen LogP contribution in [0.25, 0.3) is 0 Å². The lowest BCUT2D eigenvalue weighted by Gasteiger charge is -2.15. The Hall–Kier alpha value is -1.75. The molecule has 1 aromatic carbocycles. The number of ether oxygens (including phenoxy) is 1. The van der Waals surface area contributed by atoms with Gasteiger partial charge in [-0.15, -0.1) is 0 Å². The third-order valence-electron chi connectivity index (χ3n) is 2.31. The Morgan fingerprint density at radius 2 is 2.29 bits per heavy atom. The molecule has 1 aromatic rings. The number of hydrogen-bond acceptors (Lipinski definition) is 4. The number of carboxylic acids is 1. The normalized spacial score (nSPS) is 12.1. The molecular weight excluding hydrogens is 220 g/mol. The van der Waals surface area contributed by atoms with Crippen molar-refractivity contribution < 1.29 is 14.6 Å². The van der Waals surface area contributed by atoms with Crippen molar-refractivity contribution in [1.82, 2.24) is 0 Å². The number of nitrogens with one attached hydrogen (secondary N) is 1. The van der Waals surface area contributed by atoms with Crippen LogP contribution >= 0.6 is 0 Å². The van der Waals surface area contributed by atoms with E-state index in [9.17, 15) is 4.79 Å². The van der Waals surface area contributed by atoms with Gasteiger partial charge < -0.3 is 20.9 Å². The van der Waals surface area contributed by atoms with Crippen LogP contribution in [0.1, 0.15) is 24.2 Å². The van der Waals surface area contributed by atoms with Crippen molar-refractivity contribution in [3.05, 3.63) is 23.8 Å². The number of benzene rings is 1. The van der Waals surface area contributed by atoms with Gasteiger partial charge in [-0.25, -0.2) is 4.79 Å². The van der Waals surface area contributed by atoms with E-state index in [1.165, 1.54) is 6.07 Å². The molecule has 1 atom stereocenters. The fourth-order valence-electron chi connectivity index (χ4n) is 1.49. The van der Waals surface area contributed by atoms with Gasteiger partial charge in [0.15, 0.2) is 0 Å². The maximum absolute atomic E-state index is 11.0. The average Bonchev–Trinajstić information content (AvgIpc) is 2.27. The summed E-state index contributed by atoms with van der Waals surface area (Å²) in [6, 6.07) is 4.77. The zero-order valence-corrected chi connectivity index (χ0v) is 10.1. The lowest BCUT2D eigenvalue weighted by atomic mass is 10.1. The third kappa shape index (κ3) is 3.96. The summed E-state index contributed by atoms with van der Waals surface area (Å²) in [5.41, 5.74) is 6.72. The standard InChI is InChI=1S/C12H18N2O3/c1-3-17-8(2)7-14-11-5-4-9(13)6-10(11)12(15)16/h4-6,8,14H,3,7,13H2,1-2H3,(H,15,16). The molecule has 0 aliphatic rings. The number of carbonyl (C=O) groups is 1. The summed E-state index contributed by atoms with van der Waals surface area (Å²) in [6.07, 6.45) is 0.0270. The molecule has 0 saturated heterocycles. The minimum Gasteiger partial charge on any atom is -0.478 e. The zero-order valence-electron chi connectivity index (χ0n) is 10.1. The van der Waals surface area contributed by atoms with E-state index in [2.05, 4.69) is 5.32 Å². The van der Waals surface area contributed by atoms with Gasteiger partial charge in [-0.1, -0.05) is 0 Å². The van der Waals surface area contributed by atoms with Crippen LogP contribution in [-0.4, -0.2) is 30.3 Å². The zero-order chi connectivity index (χ0) is 12.8. The third-order valence-corrected chi connectivity index (χ3v) is 2.31. The van der Waals surface area contributed by atoms with Crippen LogP contribution in [0.15, 0.2) is 18.2 Å². The predicted molar refractivity (Wildman–Crippen MR) is 67.4 cm³/mol. The maximum atomic E-state index is 11.0. The van der Waals surface area contributed by atoms with Gasteiger partial charge in [-0.2, -0.15) is 0 Å². The topological polar surface area (TPSA) is 84.6 Å². The van der Waals surface area contributed by atoms with Crippen LogP contribution in [-0.2, 0) is 4.74 Å². The highest BCUT2D eigenvalue weighted by Crippen LogP contribution is 2.19. The molecule has 0 fully saturated rings. The van der Waals surface area contributed by atoms with E-state index in [-0.39, 0.29) is 11.7 Å². The molecule has 5 nitrogen and oxygen atoms in total. The molecule has 0 radical (unpaired) electrons. The molecule has 4 N–H and O–H groups in total. The fraction of sp³-hybridized carbons (Fsp3) is 0.417. The Morgan fingerprint density at radius 1 is 1.59 bits per heavy atom. The average molecular weight is 238 g/mol. The number of nitrogen functional groups attached to an aromatic ring is 1. The van der Waals surface area contributed by atoms with Crippen molar-refractivity contribution in [3.63, 3.8) is 0 Å². The summed E-state index contributed by atoms with van der Waals surface area (Å²) in [6.45, 7) is 5.03.